The first-order valence-corrected chi connectivity index (χ1v) is 12.2. The molecule has 0 spiro atoms. The Morgan fingerprint density at radius 1 is 0.938 bits per heavy atom. The molecule has 3 aromatic rings. The molecule has 3 aromatic carbocycles. The third-order valence-corrected chi connectivity index (χ3v) is 6.75. The lowest BCUT2D eigenvalue weighted by Crippen LogP contribution is -2.48. The quantitative estimate of drug-likeness (QED) is 0.434. The fourth-order valence-corrected chi connectivity index (χ4v) is 5.20. The molecule has 1 fully saturated rings. The van der Waals surface area contributed by atoms with Crippen LogP contribution in [0.2, 0.25) is 0 Å². The van der Waals surface area contributed by atoms with Gasteiger partial charge in [0, 0.05) is 44.9 Å². The Balaban J connectivity index is 1.50. The Morgan fingerprint density at radius 2 is 1.59 bits per heavy atom. The molecule has 8 nitrogen and oxygen atoms in total. The molecule has 9 heteroatoms. The van der Waals surface area contributed by atoms with Gasteiger partial charge < -0.3 is 0 Å². The van der Waals surface area contributed by atoms with Crippen LogP contribution in [0.3, 0.4) is 0 Å². The molecule has 2 N–H and O–H groups in total. The minimum absolute atomic E-state index is 0.0829. The van der Waals surface area contributed by atoms with Crippen molar-refractivity contribution in [1.82, 2.24) is 9.80 Å². The second kappa shape index (κ2) is 9.33. The topological polar surface area (TPSA) is 110 Å². The lowest BCUT2D eigenvalue weighted by molar-refractivity contribution is -0.384. The van der Waals surface area contributed by atoms with E-state index in [0.717, 1.165) is 35.0 Å². The van der Waals surface area contributed by atoms with E-state index in [4.69, 9.17) is 5.14 Å². The van der Waals surface area contributed by atoms with Gasteiger partial charge in [-0.3, -0.25) is 19.9 Å². The Kier molecular flexibility index (Phi) is 6.52. The van der Waals surface area contributed by atoms with Crippen molar-refractivity contribution in [3.05, 3.63) is 88.0 Å². The van der Waals surface area contributed by atoms with Crippen molar-refractivity contribution < 1.29 is 13.3 Å². The number of benzene rings is 3. The van der Waals surface area contributed by atoms with Crippen molar-refractivity contribution in [2.45, 2.75) is 12.6 Å². The highest BCUT2D eigenvalue weighted by Crippen LogP contribution is 2.30. The molecule has 0 aliphatic carbocycles. The number of primary sulfonamides is 1. The summed E-state index contributed by atoms with van der Waals surface area (Å²) in [6.07, 6.45) is 0. The maximum absolute atomic E-state index is 12.1. The fourth-order valence-electron chi connectivity index (χ4n) is 4.37. The van der Waals surface area contributed by atoms with Gasteiger partial charge in [-0.25, -0.2) is 13.6 Å². The van der Waals surface area contributed by atoms with Crippen LogP contribution >= 0.6 is 0 Å². The van der Waals surface area contributed by atoms with E-state index in [9.17, 15) is 18.5 Å². The van der Waals surface area contributed by atoms with Crippen LogP contribution in [0.25, 0.3) is 10.8 Å². The van der Waals surface area contributed by atoms with E-state index in [2.05, 4.69) is 9.80 Å². The van der Waals surface area contributed by atoms with E-state index in [1.165, 1.54) is 12.1 Å². The number of nitro benzene ring substituents is 1. The Morgan fingerprint density at radius 3 is 2.25 bits per heavy atom. The van der Waals surface area contributed by atoms with Crippen molar-refractivity contribution >= 4 is 26.5 Å². The van der Waals surface area contributed by atoms with Gasteiger partial charge in [0.1, 0.15) is 0 Å². The molecule has 4 rings (SSSR count). The number of nitrogens with zero attached hydrogens (tertiary/aromatic N) is 3. The average Bonchev–Trinajstić information content (AvgIpc) is 2.77. The molecule has 1 atom stereocenters. The Labute approximate surface area is 187 Å². The number of piperazine rings is 1. The highest BCUT2D eigenvalue weighted by Gasteiger charge is 2.29. The predicted octanol–water partition coefficient (Wildman–Crippen LogP) is 2.90. The maximum Gasteiger partial charge on any atom is 0.269 e. The zero-order valence-electron chi connectivity index (χ0n) is 17.6. The van der Waals surface area contributed by atoms with Crippen LogP contribution in [0.4, 0.5) is 5.69 Å². The van der Waals surface area contributed by atoms with E-state index in [0.29, 0.717) is 19.6 Å². The lowest BCUT2D eigenvalue weighted by Gasteiger charge is -2.39. The Bertz CT molecular complexity index is 1200. The van der Waals surface area contributed by atoms with Crippen molar-refractivity contribution in [1.29, 1.82) is 0 Å². The highest BCUT2D eigenvalue weighted by atomic mass is 32.2. The summed E-state index contributed by atoms with van der Waals surface area (Å²) in [6, 6.07) is 20.2. The molecule has 0 radical (unpaired) electrons. The number of fused-ring (bicyclic) bond motifs is 1. The molecule has 1 unspecified atom stereocenters. The smallest absolute Gasteiger partial charge is 0.269 e. The van der Waals surface area contributed by atoms with Crippen LogP contribution in [0.5, 0.6) is 0 Å². The first-order valence-electron chi connectivity index (χ1n) is 10.5. The molecule has 0 aromatic heterocycles. The number of rotatable bonds is 7. The summed E-state index contributed by atoms with van der Waals surface area (Å²) in [5, 5.41) is 18.4. The van der Waals surface area contributed by atoms with E-state index in [-0.39, 0.29) is 17.5 Å². The largest absolute Gasteiger partial charge is 0.297 e. The highest BCUT2D eigenvalue weighted by molar-refractivity contribution is 7.89. The van der Waals surface area contributed by atoms with E-state index in [1.807, 2.05) is 42.5 Å². The molecule has 0 saturated carbocycles. The van der Waals surface area contributed by atoms with Gasteiger partial charge in [-0.05, 0) is 21.9 Å². The summed E-state index contributed by atoms with van der Waals surface area (Å²) >= 11 is 0. The fraction of sp³-hybridized carbons (Fsp3) is 0.304. The van der Waals surface area contributed by atoms with Crippen molar-refractivity contribution in [3.63, 3.8) is 0 Å². The first kappa shape index (κ1) is 22.3. The summed E-state index contributed by atoms with van der Waals surface area (Å²) in [4.78, 5) is 14.9. The van der Waals surface area contributed by atoms with Gasteiger partial charge in [-0.15, -0.1) is 0 Å². The number of hydrogen-bond donors (Lipinski definition) is 1. The van der Waals surface area contributed by atoms with Crippen LogP contribution in [0.1, 0.15) is 17.2 Å². The number of non-ortho nitro benzene ring substituents is 1. The third-order valence-electron chi connectivity index (χ3n) is 5.97. The summed E-state index contributed by atoms with van der Waals surface area (Å²) in [5.74, 6) is -0.136. The molecule has 168 valence electrons. The van der Waals surface area contributed by atoms with Crippen LogP contribution in [-0.4, -0.2) is 55.1 Å². The molecule has 32 heavy (non-hydrogen) atoms. The van der Waals surface area contributed by atoms with E-state index < -0.39 is 14.9 Å². The lowest BCUT2D eigenvalue weighted by atomic mass is 9.98. The van der Waals surface area contributed by atoms with Gasteiger partial charge in [-0.2, -0.15) is 0 Å². The van der Waals surface area contributed by atoms with Crippen molar-refractivity contribution in [2.24, 2.45) is 5.14 Å². The van der Waals surface area contributed by atoms with Crippen molar-refractivity contribution in [2.75, 3.05) is 31.9 Å². The molecule has 0 amide bonds. The number of sulfonamides is 1. The van der Waals surface area contributed by atoms with Gasteiger partial charge in [0.2, 0.25) is 10.0 Å². The zero-order valence-corrected chi connectivity index (χ0v) is 18.4. The molecule has 0 bridgehead atoms. The second-order valence-electron chi connectivity index (χ2n) is 8.15. The van der Waals surface area contributed by atoms with Gasteiger partial charge >= 0.3 is 0 Å². The monoisotopic (exact) mass is 454 g/mol. The standard InChI is InChI=1S/C23H26N4O4S/c24-32(30,31)17-23(22-7-3-5-19-4-1-2-6-21(19)22)26-14-12-25(13-15-26)16-18-8-10-20(11-9-18)27(28)29/h1-11,23H,12-17H2,(H2,24,30,31). The Hall–Kier alpha value is -2.85. The van der Waals surface area contributed by atoms with Gasteiger partial charge in [-0.1, -0.05) is 54.6 Å². The molecule has 1 aliphatic rings. The zero-order chi connectivity index (χ0) is 22.7. The van der Waals surface area contributed by atoms with Crippen LogP contribution in [0.15, 0.2) is 66.7 Å². The predicted molar refractivity (Wildman–Crippen MR) is 125 cm³/mol. The van der Waals surface area contributed by atoms with Gasteiger partial charge in [0.15, 0.2) is 0 Å². The summed E-state index contributed by atoms with van der Waals surface area (Å²) < 4.78 is 24.1. The number of nitro groups is 1. The molecular formula is C23H26N4O4S. The second-order valence-corrected chi connectivity index (χ2v) is 9.81. The summed E-state index contributed by atoms with van der Waals surface area (Å²) in [5.41, 5.74) is 2.07. The maximum atomic E-state index is 12.1. The average molecular weight is 455 g/mol. The first-order chi connectivity index (χ1) is 15.3. The van der Waals surface area contributed by atoms with E-state index >= 15 is 0 Å². The minimum Gasteiger partial charge on any atom is -0.297 e. The van der Waals surface area contributed by atoms with E-state index in [1.54, 1.807) is 12.1 Å². The number of hydrogen-bond acceptors (Lipinski definition) is 6. The summed E-state index contributed by atoms with van der Waals surface area (Å²) in [6.45, 7) is 3.64. The summed E-state index contributed by atoms with van der Waals surface area (Å²) in [7, 11) is -3.67. The molecule has 1 aliphatic heterocycles. The molecule has 1 heterocycles. The van der Waals surface area contributed by atoms with Crippen LogP contribution in [-0.2, 0) is 16.6 Å². The van der Waals surface area contributed by atoms with Crippen LogP contribution in [0, 0.1) is 10.1 Å². The SMILES string of the molecule is NS(=O)(=O)CC(c1cccc2ccccc12)N1CCN(Cc2ccc([N+](=O)[O-])cc2)CC1. The van der Waals surface area contributed by atoms with Crippen molar-refractivity contribution in [3.8, 4) is 0 Å². The molecular weight excluding hydrogens is 428 g/mol. The number of nitrogens with two attached hydrogens (primary N) is 1. The van der Waals surface area contributed by atoms with Gasteiger partial charge in [0.25, 0.3) is 5.69 Å². The normalized spacial score (nSPS) is 16.8. The molecule has 1 saturated heterocycles. The third kappa shape index (κ3) is 5.31. The van der Waals surface area contributed by atoms with Crippen LogP contribution < -0.4 is 5.14 Å². The minimum atomic E-state index is -3.67. The van der Waals surface area contributed by atoms with Gasteiger partial charge in [0.05, 0.1) is 16.7 Å².